The van der Waals surface area contributed by atoms with Crippen molar-refractivity contribution in [3.8, 4) is 0 Å². The smallest absolute Gasteiger partial charge is 0.292 e. The van der Waals surface area contributed by atoms with Crippen LogP contribution < -0.4 is 10.2 Å². The standard InChI is InChI=1S/C13H17FN4O3/c1-16(2)13(19)12-8-15-5-6-17(12)11-7-9(14)3-4-10(11)18(20)21/h3-4,7,12,15H,5-6,8H2,1-2H3. The van der Waals surface area contributed by atoms with E-state index >= 15 is 0 Å². The minimum Gasteiger partial charge on any atom is -0.352 e. The number of halogens is 1. The van der Waals surface area contributed by atoms with E-state index in [9.17, 15) is 19.3 Å². The molecule has 7 nitrogen and oxygen atoms in total. The van der Waals surface area contributed by atoms with Gasteiger partial charge in [-0.1, -0.05) is 0 Å². The molecule has 1 fully saturated rings. The quantitative estimate of drug-likeness (QED) is 0.653. The lowest BCUT2D eigenvalue weighted by molar-refractivity contribution is -0.384. The molecule has 0 radical (unpaired) electrons. The van der Waals surface area contributed by atoms with E-state index in [0.717, 1.165) is 18.2 Å². The first kappa shape index (κ1) is 15.2. The molecule has 0 spiro atoms. The normalized spacial score (nSPS) is 18.4. The minimum atomic E-state index is -0.589. The molecule has 0 aliphatic carbocycles. The lowest BCUT2D eigenvalue weighted by atomic mass is 10.1. The average Bonchev–Trinajstić information content (AvgIpc) is 2.46. The highest BCUT2D eigenvalue weighted by Gasteiger charge is 2.33. The number of carbonyl (C=O) groups is 1. The number of nitro benzene ring substituents is 1. The van der Waals surface area contributed by atoms with Crippen LogP contribution in [0.25, 0.3) is 0 Å². The predicted molar refractivity (Wildman–Crippen MR) is 75.8 cm³/mol. The highest BCUT2D eigenvalue weighted by Crippen LogP contribution is 2.31. The summed E-state index contributed by atoms with van der Waals surface area (Å²) in [6, 6.07) is 2.70. The number of nitrogens with zero attached hydrogens (tertiary/aromatic N) is 3. The lowest BCUT2D eigenvalue weighted by Gasteiger charge is -2.37. The van der Waals surface area contributed by atoms with Gasteiger partial charge in [-0.2, -0.15) is 0 Å². The van der Waals surface area contributed by atoms with Gasteiger partial charge in [-0.3, -0.25) is 14.9 Å². The van der Waals surface area contributed by atoms with Crippen molar-refractivity contribution in [3.05, 3.63) is 34.1 Å². The molecule has 0 saturated carbocycles. The van der Waals surface area contributed by atoms with Crippen molar-refractivity contribution in [2.75, 3.05) is 38.6 Å². The van der Waals surface area contributed by atoms with Crippen LogP contribution in [0.1, 0.15) is 0 Å². The Hall–Kier alpha value is -2.22. The summed E-state index contributed by atoms with van der Waals surface area (Å²) >= 11 is 0. The predicted octanol–water partition coefficient (Wildman–Crippen LogP) is 0.600. The monoisotopic (exact) mass is 296 g/mol. The SMILES string of the molecule is CN(C)C(=O)C1CNCCN1c1cc(F)ccc1[N+](=O)[O-]. The Kier molecular flexibility index (Phi) is 4.37. The van der Waals surface area contributed by atoms with Crippen LogP contribution in [-0.4, -0.2) is 55.5 Å². The molecule has 1 saturated heterocycles. The number of hydrogen-bond acceptors (Lipinski definition) is 5. The van der Waals surface area contributed by atoms with E-state index in [-0.39, 0.29) is 17.3 Å². The third-order valence-corrected chi connectivity index (χ3v) is 3.41. The topological polar surface area (TPSA) is 78.7 Å². The summed E-state index contributed by atoms with van der Waals surface area (Å²) < 4.78 is 13.5. The maximum atomic E-state index is 13.5. The van der Waals surface area contributed by atoms with Crippen molar-refractivity contribution >= 4 is 17.3 Å². The molecule has 1 N–H and O–H groups in total. The van der Waals surface area contributed by atoms with E-state index in [0.29, 0.717) is 19.6 Å². The largest absolute Gasteiger partial charge is 0.352 e. The van der Waals surface area contributed by atoms with Gasteiger partial charge in [-0.05, 0) is 6.07 Å². The van der Waals surface area contributed by atoms with Crippen LogP contribution >= 0.6 is 0 Å². The second-order valence-electron chi connectivity index (χ2n) is 5.04. The molecule has 1 aromatic carbocycles. The van der Waals surface area contributed by atoms with Crippen molar-refractivity contribution < 1.29 is 14.1 Å². The molecule has 1 aromatic rings. The molecule has 1 aliphatic heterocycles. The molecule has 114 valence electrons. The Morgan fingerprint density at radius 3 is 2.86 bits per heavy atom. The van der Waals surface area contributed by atoms with E-state index in [1.54, 1.807) is 19.0 Å². The van der Waals surface area contributed by atoms with Crippen molar-refractivity contribution in [2.45, 2.75) is 6.04 Å². The van der Waals surface area contributed by atoms with Crippen molar-refractivity contribution in [1.82, 2.24) is 10.2 Å². The number of anilines is 1. The third-order valence-electron chi connectivity index (χ3n) is 3.41. The Morgan fingerprint density at radius 2 is 2.24 bits per heavy atom. The van der Waals surface area contributed by atoms with Gasteiger partial charge in [0.15, 0.2) is 0 Å². The fourth-order valence-corrected chi connectivity index (χ4v) is 2.39. The summed E-state index contributed by atoms with van der Waals surface area (Å²) in [5.74, 6) is -0.744. The molecule has 8 heteroatoms. The van der Waals surface area contributed by atoms with E-state index in [4.69, 9.17) is 0 Å². The minimum absolute atomic E-state index is 0.140. The van der Waals surface area contributed by atoms with Gasteiger partial charge < -0.3 is 15.1 Å². The summed E-state index contributed by atoms with van der Waals surface area (Å²) in [7, 11) is 3.24. The van der Waals surface area contributed by atoms with E-state index in [2.05, 4.69) is 5.32 Å². The molecule has 1 aliphatic rings. The summed E-state index contributed by atoms with van der Waals surface area (Å²) in [6.45, 7) is 1.34. The van der Waals surface area contributed by atoms with Crippen LogP contribution in [-0.2, 0) is 4.79 Å². The lowest BCUT2D eigenvalue weighted by Crippen LogP contribution is -2.58. The second-order valence-corrected chi connectivity index (χ2v) is 5.04. The number of rotatable bonds is 3. The first-order valence-corrected chi connectivity index (χ1v) is 6.54. The first-order chi connectivity index (χ1) is 9.91. The average molecular weight is 296 g/mol. The fraction of sp³-hybridized carbons (Fsp3) is 0.462. The number of likely N-dealkylation sites (N-methyl/N-ethyl adjacent to an activating group) is 1. The highest BCUT2D eigenvalue weighted by atomic mass is 19.1. The van der Waals surface area contributed by atoms with Crippen molar-refractivity contribution in [3.63, 3.8) is 0 Å². The van der Waals surface area contributed by atoms with Gasteiger partial charge in [0.25, 0.3) is 5.69 Å². The van der Waals surface area contributed by atoms with Crippen LogP contribution in [0.15, 0.2) is 18.2 Å². The van der Waals surface area contributed by atoms with Crippen LogP contribution in [0.4, 0.5) is 15.8 Å². The molecule has 0 aromatic heterocycles. The van der Waals surface area contributed by atoms with Gasteiger partial charge in [0.1, 0.15) is 17.5 Å². The second kappa shape index (κ2) is 6.04. The van der Waals surface area contributed by atoms with E-state index in [1.807, 2.05) is 0 Å². The maximum Gasteiger partial charge on any atom is 0.292 e. The summed E-state index contributed by atoms with van der Waals surface area (Å²) in [4.78, 5) is 25.8. The van der Waals surface area contributed by atoms with E-state index < -0.39 is 16.8 Å². The molecule has 1 amide bonds. The molecular weight excluding hydrogens is 279 g/mol. The molecule has 1 heterocycles. The molecule has 2 rings (SSSR count). The zero-order chi connectivity index (χ0) is 15.6. The summed E-state index contributed by atoms with van der Waals surface area (Å²) in [5.41, 5.74) is -0.0587. The van der Waals surface area contributed by atoms with Crippen molar-refractivity contribution in [1.29, 1.82) is 0 Å². The number of benzene rings is 1. The van der Waals surface area contributed by atoms with Gasteiger partial charge in [-0.15, -0.1) is 0 Å². The molecule has 0 bridgehead atoms. The maximum absolute atomic E-state index is 13.5. The molecular formula is C13H17FN4O3. The number of nitrogens with one attached hydrogen (secondary N) is 1. The Morgan fingerprint density at radius 1 is 1.52 bits per heavy atom. The van der Waals surface area contributed by atoms with Crippen LogP contribution in [0.5, 0.6) is 0 Å². The zero-order valence-electron chi connectivity index (χ0n) is 11.9. The van der Waals surface area contributed by atoms with Gasteiger partial charge in [0.05, 0.1) is 4.92 Å². The van der Waals surface area contributed by atoms with E-state index in [1.165, 1.54) is 4.90 Å². The number of amides is 1. The van der Waals surface area contributed by atoms with Gasteiger partial charge in [0.2, 0.25) is 5.91 Å². The summed E-state index contributed by atoms with van der Waals surface area (Å²) in [6.07, 6.45) is 0. The molecule has 1 atom stereocenters. The van der Waals surface area contributed by atoms with Gasteiger partial charge >= 0.3 is 0 Å². The number of nitro groups is 1. The molecule has 21 heavy (non-hydrogen) atoms. The van der Waals surface area contributed by atoms with Gasteiger partial charge in [0, 0.05) is 45.9 Å². The summed E-state index contributed by atoms with van der Waals surface area (Å²) in [5, 5.41) is 14.2. The van der Waals surface area contributed by atoms with Crippen LogP contribution in [0.3, 0.4) is 0 Å². The van der Waals surface area contributed by atoms with Crippen LogP contribution in [0.2, 0.25) is 0 Å². The fourth-order valence-electron chi connectivity index (χ4n) is 2.39. The van der Waals surface area contributed by atoms with Crippen LogP contribution in [0, 0.1) is 15.9 Å². The Labute approximate surface area is 121 Å². The number of carbonyl (C=O) groups excluding carboxylic acids is 1. The van der Waals surface area contributed by atoms with Crippen molar-refractivity contribution in [2.24, 2.45) is 0 Å². The Bertz CT molecular complexity index is 564. The van der Waals surface area contributed by atoms with Gasteiger partial charge in [-0.25, -0.2) is 4.39 Å². The third kappa shape index (κ3) is 3.10. The zero-order valence-corrected chi connectivity index (χ0v) is 11.9. The number of piperazine rings is 1. The first-order valence-electron chi connectivity index (χ1n) is 6.54. The molecule has 1 unspecified atom stereocenters. The highest BCUT2D eigenvalue weighted by molar-refractivity contribution is 5.86. The number of hydrogen-bond donors (Lipinski definition) is 1. The Balaban J connectivity index is 2.44.